The summed E-state index contributed by atoms with van der Waals surface area (Å²) >= 11 is 0. The van der Waals surface area contributed by atoms with Gasteiger partial charge in [-0.15, -0.1) is 0 Å². The van der Waals surface area contributed by atoms with Crippen LogP contribution in [0.1, 0.15) is 38.9 Å². The predicted octanol–water partition coefficient (Wildman–Crippen LogP) is 3.30. The van der Waals surface area contributed by atoms with E-state index in [1.54, 1.807) is 12.1 Å². The Morgan fingerprint density at radius 3 is 2.62 bits per heavy atom. The molecule has 0 aliphatic carbocycles. The molecule has 16 heavy (non-hydrogen) atoms. The van der Waals surface area contributed by atoms with E-state index in [0.29, 0.717) is 30.3 Å². The van der Waals surface area contributed by atoms with Gasteiger partial charge in [-0.25, -0.2) is 4.39 Å². The van der Waals surface area contributed by atoms with E-state index in [1.165, 1.54) is 6.07 Å². The van der Waals surface area contributed by atoms with Gasteiger partial charge in [-0.3, -0.25) is 0 Å². The third kappa shape index (κ3) is 3.49. The summed E-state index contributed by atoms with van der Waals surface area (Å²) < 4.78 is 18.9. The van der Waals surface area contributed by atoms with E-state index >= 15 is 0 Å². The van der Waals surface area contributed by atoms with Gasteiger partial charge in [0, 0.05) is 5.56 Å². The van der Waals surface area contributed by atoms with Gasteiger partial charge in [0.05, 0.1) is 12.7 Å². The minimum Gasteiger partial charge on any atom is -0.493 e. The molecule has 0 radical (unpaired) electrons. The summed E-state index contributed by atoms with van der Waals surface area (Å²) in [5.41, 5.74) is 0.309. The molecule has 0 bridgehead atoms. The van der Waals surface area contributed by atoms with Crippen LogP contribution in [0.3, 0.4) is 0 Å². The molecule has 1 rings (SSSR count). The van der Waals surface area contributed by atoms with E-state index in [4.69, 9.17) is 4.74 Å². The smallest absolute Gasteiger partial charge is 0.129 e. The molecule has 1 aromatic carbocycles. The van der Waals surface area contributed by atoms with Crippen LogP contribution in [0.4, 0.5) is 4.39 Å². The second-order valence-electron chi connectivity index (χ2n) is 4.31. The molecule has 0 amide bonds. The van der Waals surface area contributed by atoms with Gasteiger partial charge in [-0.05, 0) is 30.5 Å². The van der Waals surface area contributed by atoms with Gasteiger partial charge in [0.25, 0.3) is 0 Å². The average Bonchev–Trinajstić information content (AvgIpc) is 2.27. The van der Waals surface area contributed by atoms with Crippen LogP contribution in [-0.2, 0) is 0 Å². The first kappa shape index (κ1) is 13.0. The molecule has 0 heterocycles. The van der Waals surface area contributed by atoms with Gasteiger partial charge >= 0.3 is 0 Å². The first-order chi connectivity index (χ1) is 7.54. The lowest BCUT2D eigenvalue weighted by molar-refractivity contribution is 0.168. The van der Waals surface area contributed by atoms with Gasteiger partial charge in [-0.1, -0.05) is 20.8 Å². The van der Waals surface area contributed by atoms with Crippen LogP contribution in [0.2, 0.25) is 0 Å². The first-order valence-electron chi connectivity index (χ1n) is 5.64. The minimum absolute atomic E-state index is 0.309. The zero-order valence-electron chi connectivity index (χ0n) is 10.0. The number of hydrogen-bond donors (Lipinski definition) is 1. The second-order valence-corrected chi connectivity index (χ2v) is 4.31. The fourth-order valence-corrected chi connectivity index (χ4v) is 1.35. The van der Waals surface area contributed by atoms with E-state index in [2.05, 4.69) is 0 Å². The molecule has 1 atom stereocenters. The van der Waals surface area contributed by atoms with Gasteiger partial charge < -0.3 is 9.84 Å². The molecule has 1 aromatic rings. The van der Waals surface area contributed by atoms with Crippen molar-refractivity contribution in [2.75, 3.05) is 6.61 Å². The second kappa shape index (κ2) is 5.85. The van der Waals surface area contributed by atoms with Crippen LogP contribution < -0.4 is 4.74 Å². The van der Waals surface area contributed by atoms with Crippen molar-refractivity contribution in [3.63, 3.8) is 0 Å². The van der Waals surface area contributed by atoms with Crippen LogP contribution in [-0.4, -0.2) is 11.7 Å². The van der Waals surface area contributed by atoms with Crippen LogP contribution in [0.5, 0.6) is 5.75 Å². The fraction of sp³-hybridized carbons (Fsp3) is 0.538. The molecule has 0 aromatic heterocycles. The number of aliphatic hydroxyl groups excluding tert-OH is 1. The molecule has 0 fully saturated rings. The maximum absolute atomic E-state index is 13.4. The molecule has 0 saturated heterocycles. The number of rotatable bonds is 5. The van der Waals surface area contributed by atoms with E-state index in [0.717, 1.165) is 0 Å². The first-order valence-corrected chi connectivity index (χ1v) is 5.64. The highest BCUT2D eigenvalue weighted by atomic mass is 19.1. The molecule has 1 unspecified atom stereocenters. The van der Waals surface area contributed by atoms with Crippen molar-refractivity contribution < 1.29 is 14.2 Å². The van der Waals surface area contributed by atoms with Crippen LogP contribution in [0.25, 0.3) is 0 Å². The van der Waals surface area contributed by atoms with E-state index in [-0.39, 0.29) is 5.82 Å². The molecule has 0 saturated carbocycles. The summed E-state index contributed by atoms with van der Waals surface area (Å²) in [5.74, 6) is 0.647. The number of hydrogen-bond acceptors (Lipinski definition) is 2. The molecule has 0 aliphatic heterocycles. The van der Waals surface area contributed by atoms with Crippen molar-refractivity contribution in [2.45, 2.75) is 33.3 Å². The number of halogens is 1. The third-order valence-corrected chi connectivity index (χ3v) is 2.30. The standard InChI is InChI=1S/C13H19FO2/c1-4-13(15)11-7-10(5-6-12(11)14)16-8-9(2)3/h5-7,9,13,15H,4,8H2,1-3H3. The molecular formula is C13H19FO2. The normalized spacial score (nSPS) is 12.9. The Labute approximate surface area is 96.1 Å². The zero-order chi connectivity index (χ0) is 12.1. The zero-order valence-corrected chi connectivity index (χ0v) is 10.0. The van der Waals surface area contributed by atoms with Gasteiger partial charge in [0.2, 0.25) is 0 Å². The average molecular weight is 226 g/mol. The largest absolute Gasteiger partial charge is 0.493 e. The Morgan fingerprint density at radius 2 is 2.06 bits per heavy atom. The van der Waals surface area contributed by atoms with E-state index < -0.39 is 6.10 Å². The van der Waals surface area contributed by atoms with Crippen LogP contribution >= 0.6 is 0 Å². The molecular weight excluding hydrogens is 207 g/mol. The molecule has 90 valence electrons. The number of ether oxygens (including phenoxy) is 1. The molecule has 3 heteroatoms. The van der Waals surface area contributed by atoms with Crippen molar-refractivity contribution in [3.8, 4) is 5.75 Å². The maximum Gasteiger partial charge on any atom is 0.129 e. The summed E-state index contributed by atoms with van der Waals surface area (Å²) in [6, 6.07) is 4.50. The monoisotopic (exact) mass is 226 g/mol. The quantitative estimate of drug-likeness (QED) is 0.834. The van der Waals surface area contributed by atoms with Gasteiger partial charge in [-0.2, -0.15) is 0 Å². The molecule has 0 spiro atoms. The third-order valence-electron chi connectivity index (χ3n) is 2.30. The topological polar surface area (TPSA) is 29.5 Å². The Morgan fingerprint density at radius 1 is 1.38 bits per heavy atom. The van der Waals surface area contributed by atoms with E-state index in [1.807, 2.05) is 20.8 Å². The van der Waals surface area contributed by atoms with Crippen molar-refractivity contribution in [1.82, 2.24) is 0 Å². The number of aliphatic hydroxyl groups is 1. The molecule has 2 nitrogen and oxygen atoms in total. The lowest BCUT2D eigenvalue weighted by Gasteiger charge is -2.13. The van der Waals surface area contributed by atoms with Crippen LogP contribution in [0, 0.1) is 11.7 Å². The highest BCUT2D eigenvalue weighted by Gasteiger charge is 2.12. The van der Waals surface area contributed by atoms with Crippen molar-refractivity contribution in [2.24, 2.45) is 5.92 Å². The lowest BCUT2D eigenvalue weighted by atomic mass is 10.1. The summed E-state index contributed by atoms with van der Waals surface area (Å²) in [4.78, 5) is 0. The highest BCUT2D eigenvalue weighted by Crippen LogP contribution is 2.24. The lowest BCUT2D eigenvalue weighted by Crippen LogP contribution is -2.06. The summed E-state index contributed by atoms with van der Waals surface area (Å²) in [6.07, 6.45) is -0.271. The van der Waals surface area contributed by atoms with Crippen molar-refractivity contribution >= 4 is 0 Å². The minimum atomic E-state index is -0.761. The highest BCUT2D eigenvalue weighted by molar-refractivity contribution is 5.31. The number of benzene rings is 1. The van der Waals surface area contributed by atoms with Gasteiger partial charge in [0.15, 0.2) is 0 Å². The Kier molecular flexibility index (Phi) is 4.74. The Balaban J connectivity index is 2.81. The summed E-state index contributed by atoms with van der Waals surface area (Å²) in [6.45, 7) is 6.50. The Hall–Kier alpha value is -1.09. The van der Waals surface area contributed by atoms with Crippen molar-refractivity contribution in [1.29, 1.82) is 0 Å². The van der Waals surface area contributed by atoms with E-state index in [9.17, 15) is 9.50 Å². The summed E-state index contributed by atoms with van der Waals surface area (Å²) in [5, 5.41) is 9.62. The maximum atomic E-state index is 13.4. The van der Waals surface area contributed by atoms with Crippen molar-refractivity contribution in [3.05, 3.63) is 29.6 Å². The summed E-state index contributed by atoms with van der Waals surface area (Å²) in [7, 11) is 0. The van der Waals surface area contributed by atoms with Crippen LogP contribution in [0.15, 0.2) is 18.2 Å². The molecule has 0 aliphatic rings. The molecule has 1 N–H and O–H groups in total. The predicted molar refractivity (Wildman–Crippen MR) is 62.0 cm³/mol. The van der Waals surface area contributed by atoms with Gasteiger partial charge in [0.1, 0.15) is 11.6 Å². The SMILES string of the molecule is CCC(O)c1cc(OCC(C)C)ccc1F. The fourth-order valence-electron chi connectivity index (χ4n) is 1.35. The Bertz CT molecular complexity index is 337.